The Hall–Kier alpha value is -2.86. The highest BCUT2D eigenvalue weighted by atomic mass is 15.2. The summed E-state index contributed by atoms with van der Waals surface area (Å²) in [5.74, 6) is 0.914. The molecule has 1 aliphatic heterocycles. The monoisotopic (exact) mass is 404 g/mol. The standard InChI is InChI=1S/C24H32N6/c1-25-24(27-14-6-7-19-17-28-23-10-3-2-9-22(19)23)29-20-11-15-30(16-12-20)18-21-8-4-5-13-26-21/h2-5,8-10,13,17,20,28H,6-7,11-12,14-16,18H2,1H3,(H2,25,27,29). The molecule has 1 aromatic carbocycles. The van der Waals surface area contributed by atoms with Crippen molar-refractivity contribution in [1.82, 2.24) is 25.5 Å². The zero-order chi connectivity index (χ0) is 20.6. The van der Waals surface area contributed by atoms with Gasteiger partial charge in [0, 0.05) is 62.6 Å². The number of aromatic nitrogens is 2. The van der Waals surface area contributed by atoms with E-state index in [0.717, 1.165) is 63.5 Å². The lowest BCUT2D eigenvalue weighted by Crippen LogP contribution is -2.48. The van der Waals surface area contributed by atoms with E-state index in [9.17, 15) is 0 Å². The number of nitrogens with one attached hydrogen (secondary N) is 3. The lowest BCUT2D eigenvalue weighted by molar-refractivity contribution is 0.196. The van der Waals surface area contributed by atoms with Crippen LogP contribution in [-0.4, -0.2) is 53.6 Å². The van der Waals surface area contributed by atoms with Gasteiger partial charge in [0.1, 0.15) is 0 Å². The predicted octanol–water partition coefficient (Wildman–Crippen LogP) is 3.33. The molecule has 3 aromatic rings. The number of H-pyrrole nitrogens is 1. The summed E-state index contributed by atoms with van der Waals surface area (Å²) in [4.78, 5) is 14.7. The van der Waals surface area contributed by atoms with Gasteiger partial charge in [-0.05, 0) is 49.4 Å². The van der Waals surface area contributed by atoms with Crippen molar-refractivity contribution in [3.8, 4) is 0 Å². The van der Waals surface area contributed by atoms with Crippen molar-refractivity contribution < 1.29 is 0 Å². The molecule has 3 N–H and O–H groups in total. The largest absolute Gasteiger partial charge is 0.361 e. The van der Waals surface area contributed by atoms with E-state index in [-0.39, 0.29) is 0 Å². The Kier molecular flexibility index (Phi) is 6.98. The molecule has 0 bridgehead atoms. The Balaban J connectivity index is 1.16. The van der Waals surface area contributed by atoms with E-state index >= 15 is 0 Å². The number of hydrogen-bond acceptors (Lipinski definition) is 3. The summed E-state index contributed by atoms with van der Waals surface area (Å²) in [6.07, 6.45) is 8.39. The molecule has 4 rings (SSSR count). The van der Waals surface area contributed by atoms with E-state index in [1.54, 1.807) is 0 Å². The van der Waals surface area contributed by atoms with Gasteiger partial charge in [0.25, 0.3) is 0 Å². The minimum atomic E-state index is 0.477. The number of hydrogen-bond donors (Lipinski definition) is 3. The number of piperidine rings is 1. The number of fused-ring (bicyclic) bond motifs is 1. The van der Waals surface area contributed by atoms with Crippen molar-refractivity contribution >= 4 is 16.9 Å². The molecular formula is C24H32N6. The molecule has 1 fully saturated rings. The Morgan fingerprint density at radius 1 is 1.17 bits per heavy atom. The van der Waals surface area contributed by atoms with Crippen molar-refractivity contribution in [2.75, 3.05) is 26.7 Å². The summed E-state index contributed by atoms with van der Waals surface area (Å²) in [6.45, 7) is 4.03. The zero-order valence-electron chi connectivity index (χ0n) is 17.8. The third kappa shape index (κ3) is 5.39. The maximum absolute atomic E-state index is 4.44. The van der Waals surface area contributed by atoms with E-state index < -0.39 is 0 Å². The van der Waals surface area contributed by atoms with Crippen LogP contribution in [0.25, 0.3) is 10.9 Å². The molecule has 30 heavy (non-hydrogen) atoms. The van der Waals surface area contributed by atoms with Crippen molar-refractivity contribution in [2.45, 2.75) is 38.3 Å². The quantitative estimate of drug-likeness (QED) is 0.321. The van der Waals surface area contributed by atoms with Gasteiger partial charge in [-0.15, -0.1) is 0 Å². The molecule has 0 spiro atoms. The normalized spacial score (nSPS) is 16.1. The number of aryl methyl sites for hydroxylation is 1. The van der Waals surface area contributed by atoms with Gasteiger partial charge in [-0.3, -0.25) is 14.9 Å². The number of benzene rings is 1. The molecule has 1 saturated heterocycles. The molecule has 6 nitrogen and oxygen atoms in total. The number of aliphatic imine (C=N–C) groups is 1. The smallest absolute Gasteiger partial charge is 0.191 e. The van der Waals surface area contributed by atoms with Gasteiger partial charge < -0.3 is 15.6 Å². The van der Waals surface area contributed by atoms with Crippen LogP contribution in [0.2, 0.25) is 0 Å². The Morgan fingerprint density at radius 2 is 2.00 bits per heavy atom. The first-order valence-electron chi connectivity index (χ1n) is 11.0. The fourth-order valence-electron chi connectivity index (χ4n) is 4.17. The SMILES string of the molecule is CN=C(NCCCc1c[nH]c2ccccc12)NC1CCN(Cc2ccccn2)CC1. The van der Waals surface area contributed by atoms with Crippen molar-refractivity contribution in [2.24, 2.45) is 4.99 Å². The summed E-state index contributed by atoms with van der Waals surface area (Å²) in [5.41, 5.74) is 3.75. The van der Waals surface area contributed by atoms with Crippen LogP contribution < -0.4 is 10.6 Å². The first kappa shape index (κ1) is 20.4. The highest BCUT2D eigenvalue weighted by Gasteiger charge is 2.20. The molecule has 0 aliphatic carbocycles. The van der Waals surface area contributed by atoms with Gasteiger partial charge in [0.05, 0.1) is 5.69 Å². The molecule has 1 aliphatic rings. The molecule has 6 heteroatoms. The molecule has 0 atom stereocenters. The van der Waals surface area contributed by atoms with E-state index in [2.05, 4.69) is 73.1 Å². The highest BCUT2D eigenvalue weighted by Crippen LogP contribution is 2.18. The Bertz CT molecular complexity index is 940. The third-order valence-corrected chi connectivity index (χ3v) is 5.85. The lowest BCUT2D eigenvalue weighted by atomic mass is 10.0. The number of pyridine rings is 1. The molecule has 0 unspecified atom stereocenters. The average molecular weight is 405 g/mol. The van der Waals surface area contributed by atoms with E-state index in [1.807, 2.05) is 19.3 Å². The second-order valence-corrected chi connectivity index (χ2v) is 7.98. The fraction of sp³-hybridized carbons (Fsp3) is 0.417. The van der Waals surface area contributed by atoms with Crippen molar-refractivity contribution in [3.05, 3.63) is 66.1 Å². The topological polar surface area (TPSA) is 68.3 Å². The average Bonchev–Trinajstić information content (AvgIpc) is 3.21. The van der Waals surface area contributed by atoms with E-state index in [0.29, 0.717) is 6.04 Å². The minimum Gasteiger partial charge on any atom is -0.361 e. The number of likely N-dealkylation sites (tertiary alicyclic amines) is 1. The Morgan fingerprint density at radius 3 is 2.80 bits per heavy atom. The lowest BCUT2D eigenvalue weighted by Gasteiger charge is -2.32. The molecule has 0 amide bonds. The first-order chi connectivity index (χ1) is 14.8. The third-order valence-electron chi connectivity index (χ3n) is 5.85. The maximum atomic E-state index is 4.44. The van der Waals surface area contributed by atoms with Crippen molar-refractivity contribution in [1.29, 1.82) is 0 Å². The van der Waals surface area contributed by atoms with Crippen molar-refractivity contribution in [3.63, 3.8) is 0 Å². The van der Waals surface area contributed by atoms with Gasteiger partial charge in [-0.2, -0.15) is 0 Å². The van der Waals surface area contributed by atoms with Crippen LogP contribution >= 0.6 is 0 Å². The number of para-hydroxylation sites is 1. The number of aromatic amines is 1. The number of rotatable bonds is 7. The van der Waals surface area contributed by atoms with Gasteiger partial charge in [0.2, 0.25) is 0 Å². The van der Waals surface area contributed by atoms with E-state index in [1.165, 1.54) is 16.5 Å². The number of nitrogens with zero attached hydrogens (tertiary/aromatic N) is 3. The Labute approximate surface area is 178 Å². The maximum Gasteiger partial charge on any atom is 0.191 e. The summed E-state index contributed by atoms with van der Waals surface area (Å²) in [7, 11) is 1.85. The summed E-state index contributed by atoms with van der Waals surface area (Å²) < 4.78 is 0. The predicted molar refractivity (Wildman–Crippen MR) is 124 cm³/mol. The molecule has 158 valence electrons. The molecular weight excluding hydrogens is 372 g/mol. The summed E-state index contributed by atoms with van der Waals surface area (Å²) in [6, 6.07) is 15.1. The van der Waals surface area contributed by atoms with Crippen LogP contribution in [0.5, 0.6) is 0 Å². The van der Waals surface area contributed by atoms with Crippen LogP contribution in [0, 0.1) is 0 Å². The number of guanidine groups is 1. The van der Waals surface area contributed by atoms with Gasteiger partial charge >= 0.3 is 0 Å². The summed E-state index contributed by atoms with van der Waals surface area (Å²) >= 11 is 0. The molecule has 0 saturated carbocycles. The van der Waals surface area contributed by atoms with Gasteiger partial charge in [-0.1, -0.05) is 24.3 Å². The fourth-order valence-corrected chi connectivity index (χ4v) is 4.17. The molecule has 0 radical (unpaired) electrons. The first-order valence-corrected chi connectivity index (χ1v) is 11.0. The van der Waals surface area contributed by atoms with E-state index in [4.69, 9.17) is 0 Å². The van der Waals surface area contributed by atoms with Crippen LogP contribution in [0.4, 0.5) is 0 Å². The molecule has 2 aromatic heterocycles. The van der Waals surface area contributed by atoms with Crippen LogP contribution in [0.3, 0.4) is 0 Å². The second-order valence-electron chi connectivity index (χ2n) is 7.98. The minimum absolute atomic E-state index is 0.477. The van der Waals surface area contributed by atoms with Gasteiger partial charge in [-0.25, -0.2) is 0 Å². The molecule has 3 heterocycles. The zero-order valence-corrected chi connectivity index (χ0v) is 17.8. The summed E-state index contributed by atoms with van der Waals surface area (Å²) in [5, 5.41) is 8.42. The van der Waals surface area contributed by atoms with Crippen LogP contribution in [0.1, 0.15) is 30.5 Å². The second kappa shape index (κ2) is 10.3. The van der Waals surface area contributed by atoms with Gasteiger partial charge in [0.15, 0.2) is 5.96 Å². The van der Waals surface area contributed by atoms with Crippen LogP contribution in [0.15, 0.2) is 59.9 Å². The highest BCUT2D eigenvalue weighted by molar-refractivity contribution is 5.83. The van der Waals surface area contributed by atoms with Crippen LogP contribution in [-0.2, 0) is 13.0 Å².